The van der Waals surface area contributed by atoms with Crippen LogP contribution in [-0.2, 0) is 31.4 Å². The molecule has 0 aromatic heterocycles. The Morgan fingerprint density at radius 3 is 1.52 bits per heavy atom. The normalized spacial score (nSPS) is 27.5. The summed E-state index contributed by atoms with van der Waals surface area (Å²) < 4.78 is 48.4. The van der Waals surface area contributed by atoms with E-state index in [1.54, 1.807) is 0 Å². The monoisotopic (exact) mass is 356 g/mol. The maximum atomic E-state index is 12.4. The molecule has 0 aliphatic carbocycles. The molecular weight excluding hydrogens is 328 g/mol. The van der Waals surface area contributed by atoms with Crippen LogP contribution in [0.25, 0.3) is 0 Å². The minimum absolute atomic E-state index is 0.0457. The molecule has 21 heavy (non-hydrogen) atoms. The Hall–Kier alpha value is 0.250. The Morgan fingerprint density at radius 2 is 1.19 bits per heavy atom. The topological polar surface area (TPSA) is 68.3 Å². The van der Waals surface area contributed by atoms with Crippen molar-refractivity contribution in [3.63, 3.8) is 0 Å². The molecule has 1 heterocycles. The van der Waals surface area contributed by atoms with Gasteiger partial charge in [0.05, 0.1) is 22.0 Å². The van der Waals surface area contributed by atoms with E-state index in [0.29, 0.717) is 11.5 Å². The molecule has 0 aromatic rings. The van der Waals surface area contributed by atoms with E-state index in [9.17, 15) is 16.8 Å². The standard InChI is InChI=1S/C14H28O4S3/c1-3-5-7-9-19(15)13-11-21(17,18)12-14(13)20(16)10-8-6-4-2/h13-14H,3-12H2,1-2H3/t13-,14-,19-,20+/m0/s1. The lowest BCUT2D eigenvalue weighted by atomic mass is 10.3. The molecule has 1 rings (SSSR count). The lowest BCUT2D eigenvalue weighted by molar-refractivity contribution is 0.602. The van der Waals surface area contributed by atoms with Crippen LogP contribution in [0.4, 0.5) is 0 Å². The van der Waals surface area contributed by atoms with Crippen molar-refractivity contribution in [1.29, 1.82) is 0 Å². The zero-order valence-electron chi connectivity index (χ0n) is 13.1. The maximum absolute atomic E-state index is 12.4. The minimum atomic E-state index is -3.18. The molecule has 0 bridgehead atoms. The highest BCUT2D eigenvalue weighted by atomic mass is 32.2. The molecule has 0 radical (unpaired) electrons. The molecule has 1 saturated heterocycles. The summed E-state index contributed by atoms with van der Waals surface area (Å²) in [6.07, 6.45) is 5.83. The fourth-order valence-corrected chi connectivity index (χ4v) is 10.1. The van der Waals surface area contributed by atoms with E-state index in [1.807, 2.05) is 0 Å². The van der Waals surface area contributed by atoms with Crippen LogP contribution >= 0.6 is 0 Å². The number of unbranched alkanes of at least 4 members (excludes halogenated alkanes) is 4. The van der Waals surface area contributed by atoms with Gasteiger partial charge in [-0.05, 0) is 12.8 Å². The van der Waals surface area contributed by atoms with Crippen molar-refractivity contribution in [2.45, 2.75) is 62.9 Å². The van der Waals surface area contributed by atoms with E-state index in [4.69, 9.17) is 0 Å². The molecule has 7 heteroatoms. The lowest BCUT2D eigenvalue weighted by Gasteiger charge is -2.17. The van der Waals surface area contributed by atoms with E-state index in [-0.39, 0.29) is 11.5 Å². The number of hydrogen-bond donors (Lipinski definition) is 0. The van der Waals surface area contributed by atoms with Crippen LogP contribution in [0.2, 0.25) is 0 Å². The van der Waals surface area contributed by atoms with Gasteiger partial charge in [-0.15, -0.1) is 0 Å². The quantitative estimate of drug-likeness (QED) is 0.562. The van der Waals surface area contributed by atoms with Gasteiger partial charge in [-0.1, -0.05) is 39.5 Å². The molecule has 126 valence electrons. The van der Waals surface area contributed by atoms with Crippen molar-refractivity contribution in [3.8, 4) is 0 Å². The maximum Gasteiger partial charge on any atom is 0.152 e. The van der Waals surface area contributed by atoms with Crippen molar-refractivity contribution < 1.29 is 16.8 Å². The molecule has 0 N–H and O–H groups in total. The summed E-state index contributed by atoms with van der Waals surface area (Å²) in [5.41, 5.74) is 0. The molecule has 0 aromatic carbocycles. The first-order valence-electron chi connectivity index (χ1n) is 7.86. The van der Waals surface area contributed by atoms with Gasteiger partial charge in [0.25, 0.3) is 0 Å². The average molecular weight is 357 g/mol. The highest BCUT2D eigenvalue weighted by Gasteiger charge is 2.43. The molecule has 1 aliphatic heterocycles. The highest BCUT2D eigenvalue weighted by molar-refractivity contribution is 7.97. The first-order valence-corrected chi connectivity index (χ1v) is 12.4. The van der Waals surface area contributed by atoms with Gasteiger partial charge >= 0.3 is 0 Å². The second kappa shape index (κ2) is 9.40. The third-order valence-electron chi connectivity index (χ3n) is 3.82. The van der Waals surface area contributed by atoms with Gasteiger partial charge < -0.3 is 0 Å². The van der Waals surface area contributed by atoms with Crippen LogP contribution in [0, 0.1) is 0 Å². The highest BCUT2D eigenvalue weighted by Crippen LogP contribution is 2.24. The molecule has 4 nitrogen and oxygen atoms in total. The van der Waals surface area contributed by atoms with Crippen LogP contribution in [0.15, 0.2) is 0 Å². The zero-order valence-corrected chi connectivity index (χ0v) is 15.5. The molecule has 0 spiro atoms. The number of sulfone groups is 1. The summed E-state index contributed by atoms with van der Waals surface area (Å²) in [6.45, 7) is 4.16. The fourth-order valence-electron chi connectivity index (χ4n) is 2.56. The van der Waals surface area contributed by atoms with Crippen LogP contribution in [0.5, 0.6) is 0 Å². The third kappa shape index (κ3) is 6.48. The molecule has 4 atom stereocenters. The summed E-state index contributed by atoms with van der Waals surface area (Å²) in [7, 11) is -5.53. The molecule has 1 fully saturated rings. The van der Waals surface area contributed by atoms with E-state index in [0.717, 1.165) is 38.5 Å². The second-order valence-corrected chi connectivity index (χ2v) is 11.4. The Morgan fingerprint density at radius 1 is 0.810 bits per heavy atom. The largest absolute Gasteiger partial charge is 0.259 e. The first kappa shape index (κ1) is 19.3. The molecular formula is C14H28O4S3. The van der Waals surface area contributed by atoms with E-state index in [1.165, 1.54) is 0 Å². The summed E-state index contributed by atoms with van der Waals surface area (Å²) >= 11 is 0. The Labute approximate surface area is 134 Å². The predicted octanol–water partition coefficient (Wildman–Crippen LogP) is 2.03. The van der Waals surface area contributed by atoms with Crippen molar-refractivity contribution in [3.05, 3.63) is 0 Å². The smallest absolute Gasteiger partial charge is 0.152 e. The van der Waals surface area contributed by atoms with Gasteiger partial charge in [0.15, 0.2) is 9.84 Å². The first-order chi connectivity index (χ1) is 9.91. The van der Waals surface area contributed by atoms with Crippen LogP contribution in [0.3, 0.4) is 0 Å². The fraction of sp³-hybridized carbons (Fsp3) is 1.00. The number of rotatable bonds is 10. The van der Waals surface area contributed by atoms with Crippen molar-refractivity contribution in [2.24, 2.45) is 0 Å². The van der Waals surface area contributed by atoms with Crippen molar-refractivity contribution in [1.82, 2.24) is 0 Å². The van der Waals surface area contributed by atoms with Gasteiger partial charge in [-0.25, -0.2) is 8.42 Å². The summed E-state index contributed by atoms with van der Waals surface area (Å²) in [5, 5.41) is -0.844. The van der Waals surface area contributed by atoms with Crippen LogP contribution in [-0.4, -0.2) is 50.3 Å². The number of hydrogen-bond acceptors (Lipinski definition) is 4. The summed E-state index contributed by atoms with van der Waals surface area (Å²) in [6, 6.07) is 0. The second-order valence-electron chi connectivity index (χ2n) is 5.74. The van der Waals surface area contributed by atoms with E-state index in [2.05, 4.69) is 13.8 Å². The SMILES string of the molecule is CCCCC[S@@](=O)[C@H]1CS(=O)(=O)C[C@@H]1[S@@](=O)CCCCC. The minimum Gasteiger partial charge on any atom is -0.259 e. The molecule has 0 amide bonds. The molecule has 1 aliphatic rings. The van der Waals surface area contributed by atoms with Crippen LogP contribution < -0.4 is 0 Å². The van der Waals surface area contributed by atoms with Gasteiger partial charge in [0, 0.05) is 33.1 Å². The zero-order chi connectivity index (χ0) is 15.9. The van der Waals surface area contributed by atoms with Gasteiger partial charge in [0.2, 0.25) is 0 Å². The summed E-state index contributed by atoms with van der Waals surface area (Å²) in [5.74, 6) is 0.985. The van der Waals surface area contributed by atoms with Crippen molar-refractivity contribution in [2.75, 3.05) is 23.0 Å². The van der Waals surface area contributed by atoms with Crippen molar-refractivity contribution >= 4 is 31.4 Å². The summed E-state index contributed by atoms with van der Waals surface area (Å²) in [4.78, 5) is 0. The Bertz CT molecular complexity index is 423. The lowest BCUT2D eigenvalue weighted by Crippen LogP contribution is -2.34. The predicted molar refractivity (Wildman–Crippen MR) is 91.3 cm³/mol. The van der Waals surface area contributed by atoms with Gasteiger partial charge in [0.1, 0.15) is 0 Å². The van der Waals surface area contributed by atoms with E-state index >= 15 is 0 Å². The van der Waals surface area contributed by atoms with E-state index < -0.39 is 41.9 Å². The third-order valence-corrected chi connectivity index (χ3v) is 9.88. The molecule has 0 unspecified atom stereocenters. The average Bonchev–Trinajstić information content (AvgIpc) is 2.75. The Kier molecular flexibility index (Phi) is 8.64. The van der Waals surface area contributed by atoms with Gasteiger partial charge in [-0.3, -0.25) is 8.42 Å². The van der Waals surface area contributed by atoms with Crippen LogP contribution in [0.1, 0.15) is 52.4 Å². The Balaban J connectivity index is 2.65. The van der Waals surface area contributed by atoms with Gasteiger partial charge in [-0.2, -0.15) is 0 Å². The molecule has 0 saturated carbocycles.